The summed E-state index contributed by atoms with van der Waals surface area (Å²) >= 11 is 0. The number of amides is 2. The number of benzene rings is 1. The van der Waals surface area contributed by atoms with Crippen LogP contribution in [0.5, 0.6) is 0 Å². The Morgan fingerprint density at radius 2 is 1.83 bits per heavy atom. The summed E-state index contributed by atoms with van der Waals surface area (Å²) in [5, 5.41) is 15.0. The van der Waals surface area contributed by atoms with Crippen LogP contribution in [0.25, 0.3) is 0 Å². The van der Waals surface area contributed by atoms with Gasteiger partial charge in [0.15, 0.2) is 0 Å². The summed E-state index contributed by atoms with van der Waals surface area (Å²) in [5.74, 6) is 0.0293. The van der Waals surface area contributed by atoms with Crippen molar-refractivity contribution in [3.63, 3.8) is 0 Å². The molecule has 0 spiro atoms. The summed E-state index contributed by atoms with van der Waals surface area (Å²) in [7, 11) is 0. The molecule has 2 unspecified atom stereocenters. The van der Waals surface area contributed by atoms with E-state index in [-0.39, 0.29) is 24.6 Å². The summed E-state index contributed by atoms with van der Waals surface area (Å²) in [6.07, 6.45) is 4.96. The second-order valence-corrected chi connectivity index (χ2v) is 6.47. The van der Waals surface area contributed by atoms with Crippen LogP contribution in [0, 0.1) is 5.92 Å². The zero-order valence-electron chi connectivity index (χ0n) is 14.2. The molecule has 128 valence electrons. The maximum atomic E-state index is 12.2. The molecule has 1 aromatic carbocycles. The van der Waals surface area contributed by atoms with Crippen LogP contribution < -0.4 is 15.5 Å². The van der Waals surface area contributed by atoms with Crippen molar-refractivity contribution in [3.8, 4) is 0 Å². The van der Waals surface area contributed by atoms with Gasteiger partial charge in [0, 0.05) is 25.7 Å². The van der Waals surface area contributed by atoms with E-state index in [1.165, 1.54) is 25.7 Å². The van der Waals surface area contributed by atoms with Gasteiger partial charge in [-0.15, -0.1) is 0 Å². The van der Waals surface area contributed by atoms with Crippen molar-refractivity contribution in [2.75, 3.05) is 29.9 Å². The molecule has 1 fully saturated rings. The molecular weight excluding hydrogens is 290 g/mol. The molecule has 1 aromatic rings. The van der Waals surface area contributed by atoms with Gasteiger partial charge in [-0.1, -0.05) is 31.9 Å². The molecule has 0 aliphatic carbocycles. The Labute approximate surface area is 139 Å². The molecule has 1 aliphatic heterocycles. The van der Waals surface area contributed by atoms with Gasteiger partial charge in [0.05, 0.1) is 11.4 Å². The Hall–Kier alpha value is -1.75. The normalized spacial score (nSPS) is 18.0. The van der Waals surface area contributed by atoms with E-state index in [1.807, 2.05) is 32.0 Å². The molecule has 0 saturated carbocycles. The zero-order chi connectivity index (χ0) is 16.7. The van der Waals surface area contributed by atoms with Crippen LogP contribution in [0.3, 0.4) is 0 Å². The highest BCUT2D eigenvalue weighted by Gasteiger charge is 2.17. The number of anilines is 2. The monoisotopic (exact) mass is 319 g/mol. The Balaban J connectivity index is 2.03. The van der Waals surface area contributed by atoms with Crippen LogP contribution in [-0.2, 0) is 0 Å². The highest BCUT2D eigenvalue weighted by Crippen LogP contribution is 2.27. The largest absolute Gasteiger partial charge is 0.396 e. The van der Waals surface area contributed by atoms with Crippen LogP contribution in [0.4, 0.5) is 16.2 Å². The summed E-state index contributed by atoms with van der Waals surface area (Å²) in [5.41, 5.74) is 1.93. The van der Waals surface area contributed by atoms with Crippen molar-refractivity contribution in [2.24, 2.45) is 5.92 Å². The lowest BCUT2D eigenvalue weighted by molar-refractivity contribution is 0.204. The quantitative estimate of drug-likeness (QED) is 0.781. The van der Waals surface area contributed by atoms with Crippen molar-refractivity contribution in [1.29, 1.82) is 0 Å². The molecule has 0 aromatic heterocycles. The summed E-state index contributed by atoms with van der Waals surface area (Å²) in [6.45, 7) is 5.96. The highest BCUT2D eigenvalue weighted by atomic mass is 16.3. The van der Waals surface area contributed by atoms with Crippen LogP contribution >= 0.6 is 0 Å². The number of hydrogen-bond donors (Lipinski definition) is 3. The number of carbonyl (C=O) groups is 1. The van der Waals surface area contributed by atoms with E-state index in [0.717, 1.165) is 24.5 Å². The maximum absolute atomic E-state index is 12.2. The lowest BCUT2D eigenvalue weighted by atomic mass is 10.1. The minimum Gasteiger partial charge on any atom is -0.396 e. The van der Waals surface area contributed by atoms with E-state index in [2.05, 4.69) is 21.6 Å². The number of hydrogen-bond acceptors (Lipinski definition) is 3. The smallest absolute Gasteiger partial charge is 0.319 e. The molecule has 2 amide bonds. The number of nitrogens with one attached hydrogen (secondary N) is 2. The molecule has 2 rings (SSSR count). The van der Waals surface area contributed by atoms with E-state index in [4.69, 9.17) is 0 Å². The van der Waals surface area contributed by atoms with E-state index in [0.29, 0.717) is 0 Å². The van der Waals surface area contributed by atoms with Gasteiger partial charge in [0.1, 0.15) is 0 Å². The highest BCUT2D eigenvalue weighted by molar-refractivity contribution is 5.93. The van der Waals surface area contributed by atoms with Crippen molar-refractivity contribution in [2.45, 2.75) is 45.6 Å². The van der Waals surface area contributed by atoms with Crippen LogP contribution in [0.15, 0.2) is 24.3 Å². The lowest BCUT2D eigenvalue weighted by Gasteiger charge is -2.26. The first-order valence-electron chi connectivity index (χ1n) is 8.64. The van der Waals surface area contributed by atoms with E-state index in [9.17, 15) is 9.90 Å². The summed E-state index contributed by atoms with van der Waals surface area (Å²) < 4.78 is 0. The molecular formula is C18H29N3O2. The third kappa shape index (κ3) is 5.13. The number of para-hydroxylation sites is 2. The van der Waals surface area contributed by atoms with Gasteiger partial charge < -0.3 is 20.6 Å². The van der Waals surface area contributed by atoms with E-state index in [1.54, 1.807) is 0 Å². The molecule has 3 N–H and O–H groups in total. The van der Waals surface area contributed by atoms with Gasteiger partial charge in [-0.25, -0.2) is 4.79 Å². The minimum atomic E-state index is -0.222. The van der Waals surface area contributed by atoms with Gasteiger partial charge in [-0.2, -0.15) is 0 Å². The Kier molecular flexibility index (Phi) is 6.71. The van der Waals surface area contributed by atoms with Gasteiger partial charge in [0.25, 0.3) is 0 Å². The van der Waals surface area contributed by atoms with Crippen LogP contribution in [0.1, 0.15) is 39.5 Å². The van der Waals surface area contributed by atoms with Crippen molar-refractivity contribution in [1.82, 2.24) is 5.32 Å². The predicted molar refractivity (Wildman–Crippen MR) is 95.0 cm³/mol. The molecule has 5 nitrogen and oxygen atoms in total. The van der Waals surface area contributed by atoms with E-state index < -0.39 is 0 Å². The average Bonchev–Trinajstić information content (AvgIpc) is 2.83. The molecule has 0 bridgehead atoms. The number of carbonyl (C=O) groups excluding carboxylic acids is 1. The first-order chi connectivity index (χ1) is 11.1. The number of aliphatic hydroxyl groups excluding tert-OH is 1. The molecule has 0 radical (unpaired) electrons. The maximum Gasteiger partial charge on any atom is 0.319 e. The zero-order valence-corrected chi connectivity index (χ0v) is 14.2. The van der Waals surface area contributed by atoms with Gasteiger partial charge in [-0.05, 0) is 37.8 Å². The third-order valence-electron chi connectivity index (χ3n) is 4.60. The Morgan fingerprint density at radius 3 is 2.48 bits per heavy atom. The molecule has 1 saturated heterocycles. The van der Waals surface area contributed by atoms with Gasteiger partial charge in [-0.3, -0.25) is 0 Å². The first kappa shape index (κ1) is 17.6. The molecule has 5 heteroatoms. The second-order valence-electron chi connectivity index (χ2n) is 6.47. The standard InChI is InChI=1S/C18H29N3O2/c1-14(13-22)15(2)19-18(23)20-16-9-5-6-10-17(16)21-11-7-3-4-8-12-21/h5-6,9-10,14-15,22H,3-4,7-8,11-13H2,1-2H3,(H2,19,20,23). The number of rotatable bonds is 5. The summed E-state index contributed by atoms with van der Waals surface area (Å²) in [4.78, 5) is 14.6. The van der Waals surface area contributed by atoms with Gasteiger partial charge >= 0.3 is 6.03 Å². The summed E-state index contributed by atoms with van der Waals surface area (Å²) in [6, 6.07) is 7.67. The fourth-order valence-corrected chi connectivity index (χ4v) is 2.83. The van der Waals surface area contributed by atoms with Crippen LogP contribution in [-0.4, -0.2) is 36.9 Å². The van der Waals surface area contributed by atoms with Crippen molar-refractivity contribution >= 4 is 17.4 Å². The number of nitrogens with zero attached hydrogens (tertiary/aromatic N) is 1. The second kappa shape index (κ2) is 8.77. The van der Waals surface area contributed by atoms with Gasteiger partial charge in [0.2, 0.25) is 0 Å². The van der Waals surface area contributed by atoms with Crippen molar-refractivity contribution in [3.05, 3.63) is 24.3 Å². The first-order valence-corrected chi connectivity index (χ1v) is 8.64. The molecule has 23 heavy (non-hydrogen) atoms. The fraction of sp³-hybridized carbons (Fsp3) is 0.611. The Bertz CT molecular complexity index is 499. The number of aliphatic hydroxyl groups is 1. The van der Waals surface area contributed by atoms with E-state index >= 15 is 0 Å². The topological polar surface area (TPSA) is 64.6 Å². The third-order valence-corrected chi connectivity index (χ3v) is 4.60. The minimum absolute atomic E-state index is 0.0293. The fourth-order valence-electron chi connectivity index (χ4n) is 2.83. The molecule has 1 aliphatic rings. The number of urea groups is 1. The Morgan fingerprint density at radius 1 is 1.17 bits per heavy atom. The lowest BCUT2D eigenvalue weighted by Crippen LogP contribution is -2.41. The molecule has 2 atom stereocenters. The van der Waals surface area contributed by atoms with Crippen molar-refractivity contribution < 1.29 is 9.90 Å². The SMILES string of the molecule is CC(CO)C(C)NC(=O)Nc1ccccc1N1CCCCCC1. The molecule has 1 heterocycles. The predicted octanol–water partition coefficient (Wildman–Crippen LogP) is 3.21. The average molecular weight is 319 g/mol. The van der Waals surface area contributed by atoms with Crippen LogP contribution in [0.2, 0.25) is 0 Å².